The topological polar surface area (TPSA) is 108 Å². The average Bonchev–Trinajstić information content (AvgIpc) is 2.72. The maximum atomic E-state index is 14.4. The summed E-state index contributed by atoms with van der Waals surface area (Å²) < 4.78 is 28.1. The van der Waals surface area contributed by atoms with Gasteiger partial charge in [-0.3, -0.25) is 4.79 Å². The van der Waals surface area contributed by atoms with Gasteiger partial charge in [0, 0.05) is 30.3 Å². The van der Waals surface area contributed by atoms with Crippen molar-refractivity contribution in [3.63, 3.8) is 0 Å². The third-order valence-corrected chi connectivity index (χ3v) is 5.94. The average molecular weight is 453 g/mol. The van der Waals surface area contributed by atoms with Crippen LogP contribution in [-0.2, 0) is 4.79 Å². The number of hydrogen-bond acceptors (Lipinski definition) is 7. The standard InChI is InChI=1S/C20H23ClF2N6O2/c21-11-6-12(22)8-13(7-11)27-14-2-1-4-29(20(14)31)15-9-28(5-3-16(15)30)19-17(23)18(24)25-10-26-19/h6-8,10,14-16,27,30H,1-5,9H2,(H2,24,25,26). The molecular weight excluding hydrogens is 430 g/mol. The maximum absolute atomic E-state index is 14.4. The molecule has 1 aromatic heterocycles. The summed E-state index contributed by atoms with van der Waals surface area (Å²) in [5, 5.41) is 13.9. The van der Waals surface area contributed by atoms with Crippen LogP contribution in [0.4, 0.5) is 26.1 Å². The number of halogens is 3. The lowest BCUT2D eigenvalue weighted by molar-refractivity contribution is -0.140. The van der Waals surface area contributed by atoms with Crippen LogP contribution < -0.4 is 16.0 Å². The fraction of sp³-hybridized carbons (Fsp3) is 0.450. The van der Waals surface area contributed by atoms with E-state index in [9.17, 15) is 18.7 Å². The van der Waals surface area contributed by atoms with E-state index in [4.69, 9.17) is 17.3 Å². The van der Waals surface area contributed by atoms with Gasteiger partial charge in [0.1, 0.15) is 18.2 Å². The maximum Gasteiger partial charge on any atom is 0.245 e. The number of rotatable bonds is 4. The van der Waals surface area contributed by atoms with Crippen LogP contribution >= 0.6 is 11.6 Å². The number of nitrogen functional groups attached to an aromatic ring is 1. The summed E-state index contributed by atoms with van der Waals surface area (Å²) in [6, 6.07) is 2.89. The highest BCUT2D eigenvalue weighted by Gasteiger charge is 2.40. The first-order chi connectivity index (χ1) is 14.8. The van der Waals surface area contributed by atoms with Crippen LogP contribution in [0.15, 0.2) is 24.5 Å². The summed E-state index contributed by atoms with van der Waals surface area (Å²) in [5.74, 6) is -1.62. The molecule has 0 aliphatic carbocycles. The van der Waals surface area contributed by atoms with E-state index >= 15 is 0 Å². The van der Waals surface area contributed by atoms with Crippen LogP contribution in [-0.4, -0.2) is 63.7 Å². The Morgan fingerprint density at radius 1 is 1.19 bits per heavy atom. The predicted octanol–water partition coefficient (Wildman–Crippen LogP) is 2.03. The molecule has 0 saturated carbocycles. The molecule has 4 N–H and O–H groups in total. The summed E-state index contributed by atoms with van der Waals surface area (Å²) in [4.78, 5) is 24.1. The zero-order valence-electron chi connectivity index (χ0n) is 16.6. The molecule has 8 nitrogen and oxygen atoms in total. The van der Waals surface area contributed by atoms with Crippen molar-refractivity contribution in [2.45, 2.75) is 37.5 Å². The summed E-state index contributed by atoms with van der Waals surface area (Å²) in [7, 11) is 0. The number of nitrogens with zero attached hydrogens (tertiary/aromatic N) is 4. The second-order valence-corrected chi connectivity index (χ2v) is 8.23. The van der Waals surface area contributed by atoms with Gasteiger partial charge in [-0.05, 0) is 37.5 Å². The number of hydrogen-bond donors (Lipinski definition) is 3. The third-order valence-electron chi connectivity index (χ3n) is 5.72. The van der Waals surface area contributed by atoms with Gasteiger partial charge >= 0.3 is 0 Å². The van der Waals surface area contributed by atoms with Crippen molar-refractivity contribution in [2.24, 2.45) is 0 Å². The second kappa shape index (κ2) is 8.80. The number of likely N-dealkylation sites (tertiary alicyclic amines) is 1. The molecule has 2 aliphatic rings. The van der Waals surface area contributed by atoms with Gasteiger partial charge in [-0.25, -0.2) is 14.4 Å². The Bertz CT molecular complexity index is 960. The molecule has 0 radical (unpaired) electrons. The Balaban J connectivity index is 1.51. The SMILES string of the molecule is Nc1ncnc(N2CCC(O)C(N3CCCC(Nc4cc(F)cc(Cl)c4)C3=O)C2)c1F. The minimum Gasteiger partial charge on any atom is -0.391 e. The van der Waals surface area contributed by atoms with Crippen LogP contribution in [0.2, 0.25) is 5.02 Å². The van der Waals surface area contributed by atoms with Crippen LogP contribution in [0, 0.1) is 11.6 Å². The molecular formula is C20H23ClF2N6O2. The van der Waals surface area contributed by atoms with Gasteiger partial charge < -0.3 is 26.0 Å². The number of nitrogens with two attached hydrogens (primary N) is 1. The Labute approximate surface area is 183 Å². The number of amides is 1. The van der Waals surface area contributed by atoms with Crippen LogP contribution in [0.25, 0.3) is 0 Å². The van der Waals surface area contributed by atoms with Gasteiger partial charge in [0.2, 0.25) is 11.7 Å². The van der Waals surface area contributed by atoms with Gasteiger partial charge in [-0.2, -0.15) is 4.39 Å². The number of nitrogens with one attached hydrogen (secondary N) is 1. The first kappa shape index (κ1) is 21.5. The lowest BCUT2D eigenvalue weighted by atomic mass is 9.95. The monoisotopic (exact) mass is 452 g/mol. The van der Waals surface area contributed by atoms with Crippen LogP contribution in [0.1, 0.15) is 19.3 Å². The Hall–Kier alpha value is -2.72. The summed E-state index contributed by atoms with van der Waals surface area (Å²) in [6.45, 7) is 1.04. The molecule has 166 valence electrons. The molecule has 1 aromatic carbocycles. The van der Waals surface area contributed by atoms with Crippen molar-refractivity contribution in [1.29, 1.82) is 0 Å². The second-order valence-electron chi connectivity index (χ2n) is 7.79. The molecule has 0 spiro atoms. The van der Waals surface area contributed by atoms with Crippen LogP contribution in [0.5, 0.6) is 0 Å². The Kier molecular flexibility index (Phi) is 6.10. The highest BCUT2D eigenvalue weighted by Crippen LogP contribution is 2.28. The molecule has 0 bridgehead atoms. The van der Waals surface area contributed by atoms with E-state index in [0.717, 1.165) is 0 Å². The van der Waals surface area contributed by atoms with Gasteiger partial charge in [0.25, 0.3) is 0 Å². The fourth-order valence-electron chi connectivity index (χ4n) is 4.21. The van der Waals surface area contributed by atoms with Gasteiger partial charge in [-0.1, -0.05) is 11.6 Å². The number of benzene rings is 1. The minimum atomic E-state index is -0.759. The lowest BCUT2D eigenvalue weighted by Crippen LogP contribution is -2.61. The van der Waals surface area contributed by atoms with Crippen molar-refractivity contribution >= 4 is 34.8 Å². The normalized spacial score (nSPS) is 24.4. The highest BCUT2D eigenvalue weighted by molar-refractivity contribution is 6.30. The largest absolute Gasteiger partial charge is 0.391 e. The van der Waals surface area contributed by atoms with E-state index in [1.807, 2.05) is 0 Å². The molecule has 2 aromatic rings. The zero-order chi connectivity index (χ0) is 22.1. The number of aliphatic hydroxyl groups excluding tert-OH is 1. The quantitative estimate of drug-likeness (QED) is 0.651. The molecule has 1 amide bonds. The molecule has 4 rings (SSSR count). The molecule has 3 atom stereocenters. The number of aromatic nitrogens is 2. The number of piperidine rings is 2. The van der Waals surface area contributed by atoms with Crippen molar-refractivity contribution in [2.75, 3.05) is 35.6 Å². The zero-order valence-corrected chi connectivity index (χ0v) is 17.4. The number of carbonyl (C=O) groups excluding carboxylic acids is 1. The van der Waals surface area contributed by atoms with E-state index in [2.05, 4.69) is 15.3 Å². The molecule has 2 fully saturated rings. The third kappa shape index (κ3) is 4.49. The smallest absolute Gasteiger partial charge is 0.245 e. The van der Waals surface area contributed by atoms with E-state index in [0.29, 0.717) is 38.0 Å². The molecule has 2 saturated heterocycles. The molecule has 2 aliphatic heterocycles. The predicted molar refractivity (Wildman–Crippen MR) is 113 cm³/mol. The van der Waals surface area contributed by atoms with E-state index in [-0.39, 0.29) is 29.1 Å². The minimum absolute atomic E-state index is 0.0536. The van der Waals surface area contributed by atoms with Crippen LogP contribution in [0.3, 0.4) is 0 Å². The van der Waals surface area contributed by atoms with Gasteiger partial charge in [0.05, 0.1) is 12.1 Å². The first-order valence-corrected chi connectivity index (χ1v) is 10.4. The summed E-state index contributed by atoms with van der Waals surface area (Å²) in [6.07, 6.45) is 2.03. The fourth-order valence-corrected chi connectivity index (χ4v) is 4.43. The number of aliphatic hydroxyl groups is 1. The van der Waals surface area contributed by atoms with Crippen molar-refractivity contribution in [1.82, 2.24) is 14.9 Å². The Morgan fingerprint density at radius 2 is 2.00 bits per heavy atom. The van der Waals surface area contributed by atoms with E-state index in [1.165, 1.54) is 18.5 Å². The first-order valence-electron chi connectivity index (χ1n) is 10.1. The lowest BCUT2D eigenvalue weighted by Gasteiger charge is -2.45. The summed E-state index contributed by atoms with van der Waals surface area (Å²) >= 11 is 5.91. The van der Waals surface area contributed by atoms with E-state index < -0.39 is 29.8 Å². The van der Waals surface area contributed by atoms with E-state index in [1.54, 1.807) is 15.9 Å². The summed E-state index contributed by atoms with van der Waals surface area (Å²) in [5.41, 5.74) is 5.97. The van der Waals surface area contributed by atoms with Gasteiger partial charge in [0.15, 0.2) is 11.6 Å². The van der Waals surface area contributed by atoms with Gasteiger partial charge in [-0.15, -0.1) is 0 Å². The number of carbonyl (C=O) groups is 1. The van der Waals surface area contributed by atoms with Crippen molar-refractivity contribution < 1.29 is 18.7 Å². The molecule has 11 heteroatoms. The molecule has 3 unspecified atom stereocenters. The number of anilines is 3. The molecule has 31 heavy (non-hydrogen) atoms. The molecule has 3 heterocycles. The Morgan fingerprint density at radius 3 is 2.77 bits per heavy atom. The van der Waals surface area contributed by atoms with Crippen molar-refractivity contribution in [3.05, 3.63) is 41.2 Å². The highest BCUT2D eigenvalue weighted by atomic mass is 35.5. The van der Waals surface area contributed by atoms with Crippen molar-refractivity contribution in [3.8, 4) is 0 Å².